The second kappa shape index (κ2) is 27.4. The molecule has 334 valence electrons. The maximum Gasteiger partial charge on any atom is 0.251 e. The molecule has 2 heterocycles. The lowest BCUT2D eigenvalue weighted by Crippen LogP contribution is -2.51. The van der Waals surface area contributed by atoms with Crippen LogP contribution >= 0.6 is 12.4 Å². The Morgan fingerprint density at radius 1 is 0.639 bits per heavy atom. The van der Waals surface area contributed by atoms with E-state index >= 15 is 4.39 Å². The average Bonchev–Trinajstić information content (AvgIpc) is 3.93. The van der Waals surface area contributed by atoms with E-state index in [0.717, 1.165) is 11.1 Å². The van der Waals surface area contributed by atoms with Crippen LogP contribution in [-0.4, -0.2) is 156 Å². The molecule has 16 nitrogen and oxygen atoms in total. The number of hydrogen-bond acceptors (Lipinski definition) is 14. The number of benzene rings is 3. The molecule has 0 aliphatic carbocycles. The number of halogens is 2. The third-order valence-electron chi connectivity index (χ3n) is 9.45. The smallest absolute Gasteiger partial charge is 0.251 e. The van der Waals surface area contributed by atoms with E-state index in [1.165, 1.54) is 43.5 Å². The summed E-state index contributed by atoms with van der Waals surface area (Å²) in [6.45, 7) is 7.09. The van der Waals surface area contributed by atoms with E-state index in [4.69, 9.17) is 42.6 Å². The summed E-state index contributed by atoms with van der Waals surface area (Å²) in [4.78, 5) is 44.2. The van der Waals surface area contributed by atoms with E-state index in [2.05, 4.69) is 20.9 Å². The van der Waals surface area contributed by atoms with Gasteiger partial charge in [-0.05, 0) is 47.5 Å². The highest BCUT2D eigenvalue weighted by atomic mass is 35.5. The zero-order chi connectivity index (χ0) is 42.4. The number of ketones is 1. The minimum absolute atomic E-state index is 0. The van der Waals surface area contributed by atoms with Gasteiger partial charge in [0.2, 0.25) is 0 Å². The molecule has 3 aromatic rings. The molecule has 3 N–H and O–H groups in total. The number of hydrogen-bond donors (Lipinski definition) is 3. The fraction of sp³-hybridized carbons (Fsp3) is 0.488. The lowest BCUT2D eigenvalue weighted by atomic mass is 10.00. The molecule has 0 bridgehead atoms. The van der Waals surface area contributed by atoms with Crippen molar-refractivity contribution in [2.45, 2.75) is 18.6 Å². The van der Waals surface area contributed by atoms with Crippen LogP contribution in [0.4, 0.5) is 4.39 Å². The SMILES string of the molecule is COCCOCCOCCOCCOCCOCCOCCOc1ccc(OC)c(F)c1C(=O)c1ccc(C(=O)N[C@@H]2CNC[C@H]2NC(=O)c2ccc3c(c2)CN=C3)cc1.Cl. The fourth-order valence-electron chi connectivity index (χ4n) is 6.24. The number of nitrogens with one attached hydrogen (secondary N) is 3. The zero-order valence-corrected chi connectivity index (χ0v) is 35.4. The number of rotatable bonds is 29. The van der Waals surface area contributed by atoms with Crippen molar-refractivity contribution in [3.05, 3.63) is 93.8 Å². The summed E-state index contributed by atoms with van der Waals surface area (Å²) in [5.41, 5.74) is 2.65. The van der Waals surface area contributed by atoms with Crippen molar-refractivity contribution in [2.24, 2.45) is 4.99 Å². The first-order valence-electron chi connectivity index (χ1n) is 19.9. The Balaban J connectivity index is 0.00000819. The van der Waals surface area contributed by atoms with Crippen molar-refractivity contribution in [3.8, 4) is 11.5 Å². The van der Waals surface area contributed by atoms with Crippen LogP contribution in [0.3, 0.4) is 0 Å². The molecule has 3 aromatic carbocycles. The average molecular weight is 875 g/mol. The summed E-state index contributed by atoms with van der Waals surface area (Å²) >= 11 is 0. The quantitative estimate of drug-likeness (QED) is 0.0685. The Hall–Kier alpha value is -4.56. The number of aliphatic imine (C=N–C) groups is 1. The van der Waals surface area contributed by atoms with Crippen LogP contribution < -0.4 is 25.4 Å². The molecule has 1 saturated heterocycles. The van der Waals surface area contributed by atoms with E-state index in [9.17, 15) is 14.4 Å². The summed E-state index contributed by atoms with van der Waals surface area (Å²) in [6, 6.07) is 13.5. The summed E-state index contributed by atoms with van der Waals surface area (Å²) in [5.74, 6) is -2.25. The van der Waals surface area contributed by atoms with Gasteiger partial charge < -0.3 is 58.6 Å². The van der Waals surface area contributed by atoms with Gasteiger partial charge >= 0.3 is 0 Å². The molecule has 2 amide bonds. The Labute approximate surface area is 361 Å². The molecule has 0 saturated carbocycles. The summed E-state index contributed by atoms with van der Waals surface area (Å²) < 4.78 is 64.1. The summed E-state index contributed by atoms with van der Waals surface area (Å²) in [7, 11) is 2.93. The fourth-order valence-corrected chi connectivity index (χ4v) is 6.24. The highest BCUT2D eigenvalue weighted by molar-refractivity contribution is 6.11. The number of carbonyl (C=O) groups is 3. The van der Waals surface area contributed by atoms with Crippen LogP contribution in [0.2, 0.25) is 0 Å². The number of nitrogens with zero attached hydrogens (tertiary/aromatic N) is 1. The first-order valence-corrected chi connectivity index (χ1v) is 19.9. The van der Waals surface area contributed by atoms with Gasteiger partial charge in [-0.1, -0.05) is 18.2 Å². The number of methoxy groups -OCH3 is 2. The molecule has 0 unspecified atom stereocenters. The predicted octanol–water partition coefficient (Wildman–Crippen LogP) is 3.04. The molecule has 0 spiro atoms. The van der Waals surface area contributed by atoms with Crippen molar-refractivity contribution in [1.82, 2.24) is 16.0 Å². The van der Waals surface area contributed by atoms with Crippen LogP contribution in [0, 0.1) is 5.82 Å². The normalized spacial score (nSPS) is 15.3. The Kier molecular flexibility index (Phi) is 22.1. The molecule has 2 aliphatic rings. The van der Waals surface area contributed by atoms with E-state index in [1.54, 1.807) is 19.4 Å². The Morgan fingerprint density at radius 3 is 1.66 bits per heavy atom. The second-order valence-electron chi connectivity index (χ2n) is 13.6. The van der Waals surface area contributed by atoms with Crippen molar-refractivity contribution in [1.29, 1.82) is 0 Å². The van der Waals surface area contributed by atoms with Crippen LogP contribution in [0.5, 0.6) is 11.5 Å². The van der Waals surface area contributed by atoms with E-state index in [-0.39, 0.29) is 77.7 Å². The highest BCUT2D eigenvalue weighted by Gasteiger charge is 2.31. The van der Waals surface area contributed by atoms with Gasteiger partial charge in [0.05, 0.1) is 112 Å². The predicted molar refractivity (Wildman–Crippen MR) is 225 cm³/mol. The summed E-state index contributed by atoms with van der Waals surface area (Å²) in [6.07, 6.45) is 1.79. The van der Waals surface area contributed by atoms with Crippen molar-refractivity contribution >= 4 is 36.2 Å². The van der Waals surface area contributed by atoms with E-state index < -0.39 is 11.6 Å². The monoisotopic (exact) mass is 874 g/mol. The van der Waals surface area contributed by atoms with Gasteiger partial charge in [-0.15, -0.1) is 12.4 Å². The van der Waals surface area contributed by atoms with Gasteiger partial charge in [-0.2, -0.15) is 0 Å². The molecule has 18 heteroatoms. The lowest BCUT2D eigenvalue weighted by molar-refractivity contribution is -0.0199. The Morgan fingerprint density at radius 2 is 1.11 bits per heavy atom. The van der Waals surface area contributed by atoms with Crippen molar-refractivity contribution in [3.63, 3.8) is 0 Å². The van der Waals surface area contributed by atoms with Crippen LogP contribution in [-0.2, 0) is 39.7 Å². The highest BCUT2D eigenvalue weighted by Crippen LogP contribution is 2.31. The molecule has 2 aliphatic heterocycles. The van der Waals surface area contributed by atoms with Gasteiger partial charge in [-0.25, -0.2) is 4.39 Å². The van der Waals surface area contributed by atoms with Crippen LogP contribution in [0.15, 0.2) is 59.6 Å². The zero-order valence-electron chi connectivity index (χ0n) is 34.6. The topological polar surface area (TPSA) is 183 Å². The standard InChI is InChI=1S/C43H55FN4O12.ClH/c1-52-11-12-54-13-14-55-15-16-56-17-18-57-19-20-58-21-22-59-23-24-60-37-9-10-38(53-2)40(44)39(37)41(49)30-3-5-31(6-4-30)42(50)47-35-28-46-29-36(35)48-43(51)32-7-8-33-26-45-27-34(33)25-32;/h3-10,25-26,35-36,46H,11-24,27-29H2,1-2H3,(H,47,50)(H,48,51);1H/t35-,36-;/m1./s1. The minimum Gasteiger partial charge on any atom is -0.494 e. The first-order chi connectivity index (χ1) is 29.4. The number of fused-ring (bicyclic) bond motifs is 1. The van der Waals surface area contributed by atoms with Crippen molar-refractivity contribution < 1.29 is 61.4 Å². The molecule has 5 rings (SSSR count). The van der Waals surface area contributed by atoms with Gasteiger partial charge in [-0.3, -0.25) is 19.4 Å². The molecule has 0 aromatic heterocycles. The minimum atomic E-state index is -0.871. The van der Waals surface area contributed by atoms with Gasteiger partial charge in [0, 0.05) is 43.1 Å². The molecule has 2 atom stereocenters. The molecule has 0 radical (unpaired) electrons. The first kappa shape index (κ1) is 49.1. The largest absolute Gasteiger partial charge is 0.494 e. The maximum atomic E-state index is 15.6. The van der Waals surface area contributed by atoms with Crippen LogP contribution in [0.25, 0.3) is 0 Å². The number of ether oxygens (including phenoxy) is 9. The van der Waals surface area contributed by atoms with Gasteiger partial charge in [0.25, 0.3) is 11.8 Å². The third kappa shape index (κ3) is 15.7. The van der Waals surface area contributed by atoms with E-state index in [1.807, 2.05) is 12.1 Å². The van der Waals surface area contributed by atoms with Crippen LogP contribution in [0.1, 0.15) is 47.8 Å². The molecule has 1 fully saturated rings. The Bertz CT molecular complexity index is 1850. The summed E-state index contributed by atoms with van der Waals surface area (Å²) in [5, 5.41) is 9.20. The number of amides is 2. The third-order valence-corrected chi connectivity index (χ3v) is 9.45. The van der Waals surface area contributed by atoms with Gasteiger partial charge in [0.15, 0.2) is 17.3 Å². The second-order valence-corrected chi connectivity index (χ2v) is 13.6. The number of carbonyl (C=O) groups excluding carboxylic acids is 3. The van der Waals surface area contributed by atoms with Crippen molar-refractivity contribution in [2.75, 3.05) is 120 Å². The lowest BCUT2D eigenvalue weighted by Gasteiger charge is -2.21. The molecular weight excluding hydrogens is 819 g/mol. The molecular formula is C43H56ClFN4O12. The molecule has 61 heavy (non-hydrogen) atoms. The maximum absolute atomic E-state index is 15.6. The van der Waals surface area contributed by atoms with Gasteiger partial charge in [0.1, 0.15) is 17.9 Å². The van der Waals surface area contributed by atoms with E-state index in [0.29, 0.717) is 104 Å².